The van der Waals surface area contributed by atoms with E-state index in [1.54, 1.807) is 24.3 Å². The quantitative estimate of drug-likeness (QED) is 0.573. The van der Waals surface area contributed by atoms with Crippen LogP contribution >= 0.6 is 11.6 Å². The summed E-state index contributed by atoms with van der Waals surface area (Å²) in [4.78, 5) is 24.3. The molecule has 3 rings (SSSR count). The van der Waals surface area contributed by atoms with Crippen LogP contribution < -0.4 is 15.8 Å². The first-order chi connectivity index (χ1) is 14.1. The van der Waals surface area contributed by atoms with E-state index in [2.05, 4.69) is 10.0 Å². The lowest BCUT2D eigenvalue weighted by atomic mass is 10.0. The number of aryl methyl sites for hydroxylation is 1. The van der Waals surface area contributed by atoms with Crippen molar-refractivity contribution in [2.45, 2.75) is 31.2 Å². The number of halogens is 1. The van der Waals surface area contributed by atoms with Gasteiger partial charge in [-0.25, -0.2) is 13.2 Å². The molecular formula is C20H22ClN3O5S. The first-order valence-corrected chi connectivity index (χ1v) is 11.1. The molecule has 10 heteroatoms. The molecule has 1 aromatic heterocycles. The molecule has 160 valence electrons. The fourth-order valence-electron chi connectivity index (χ4n) is 2.98. The van der Waals surface area contributed by atoms with Gasteiger partial charge >= 0.3 is 5.76 Å². The van der Waals surface area contributed by atoms with Gasteiger partial charge in [0.15, 0.2) is 5.58 Å². The Bertz CT molecular complexity index is 1230. The number of carbonyl (C=O) groups excluding carboxylic acids is 1. The van der Waals surface area contributed by atoms with Crippen molar-refractivity contribution >= 4 is 44.3 Å². The highest BCUT2D eigenvalue weighted by Gasteiger charge is 2.27. The zero-order valence-electron chi connectivity index (χ0n) is 16.7. The third kappa shape index (κ3) is 4.92. The van der Waals surface area contributed by atoms with Gasteiger partial charge in [0.2, 0.25) is 15.9 Å². The van der Waals surface area contributed by atoms with Gasteiger partial charge in [-0.15, -0.1) is 0 Å². The number of rotatable bonds is 7. The van der Waals surface area contributed by atoms with E-state index in [1.807, 2.05) is 13.8 Å². The number of nitrogens with one attached hydrogen (secondary N) is 2. The highest BCUT2D eigenvalue weighted by Crippen LogP contribution is 2.20. The Kier molecular flexibility index (Phi) is 6.35. The van der Waals surface area contributed by atoms with Gasteiger partial charge in [-0.3, -0.25) is 9.36 Å². The number of fused-ring (bicyclic) bond motifs is 1. The number of sulfonamides is 1. The van der Waals surface area contributed by atoms with Crippen molar-refractivity contribution in [3.63, 3.8) is 0 Å². The van der Waals surface area contributed by atoms with Crippen molar-refractivity contribution in [3.8, 4) is 0 Å². The van der Waals surface area contributed by atoms with Crippen LogP contribution in [0.5, 0.6) is 0 Å². The maximum Gasteiger partial charge on any atom is 0.419 e. The summed E-state index contributed by atoms with van der Waals surface area (Å²) in [5.74, 6) is -1.02. The SMILES string of the molecule is CC(C)CC(NS(=O)(=O)c1ccc2c(c1)oc(=O)n2C)C(=O)Nc1ccc(Cl)cc1. The lowest BCUT2D eigenvalue weighted by Crippen LogP contribution is -2.44. The lowest BCUT2D eigenvalue weighted by molar-refractivity contribution is -0.118. The summed E-state index contributed by atoms with van der Waals surface area (Å²) in [5.41, 5.74) is 1.12. The van der Waals surface area contributed by atoms with Crippen LogP contribution in [0.1, 0.15) is 20.3 Å². The number of hydrogen-bond acceptors (Lipinski definition) is 5. The van der Waals surface area contributed by atoms with E-state index in [-0.39, 0.29) is 16.4 Å². The molecule has 0 aliphatic carbocycles. The zero-order valence-corrected chi connectivity index (χ0v) is 18.3. The average Bonchev–Trinajstić information content (AvgIpc) is 2.96. The first-order valence-electron chi connectivity index (χ1n) is 9.25. The Morgan fingerprint density at radius 3 is 2.47 bits per heavy atom. The molecule has 1 heterocycles. The fourth-order valence-corrected chi connectivity index (χ4v) is 4.33. The van der Waals surface area contributed by atoms with Crippen LogP contribution in [-0.4, -0.2) is 24.9 Å². The van der Waals surface area contributed by atoms with Gasteiger partial charge in [0, 0.05) is 23.8 Å². The van der Waals surface area contributed by atoms with Crippen LogP contribution in [0.4, 0.5) is 5.69 Å². The number of hydrogen-bond donors (Lipinski definition) is 2. The molecule has 0 bridgehead atoms. The van der Waals surface area contributed by atoms with Crippen molar-refractivity contribution in [3.05, 3.63) is 58.0 Å². The summed E-state index contributed by atoms with van der Waals surface area (Å²) in [6.45, 7) is 3.78. The van der Waals surface area contributed by atoms with Crippen LogP contribution in [0.15, 0.2) is 56.6 Å². The molecule has 8 nitrogen and oxygen atoms in total. The summed E-state index contributed by atoms with van der Waals surface area (Å²) < 4.78 is 34.7. The van der Waals surface area contributed by atoms with Crippen molar-refractivity contribution in [1.82, 2.24) is 9.29 Å². The average molecular weight is 452 g/mol. The fraction of sp³-hybridized carbons (Fsp3) is 0.300. The van der Waals surface area contributed by atoms with E-state index < -0.39 is 27.7 Å². The second kappa shape index (κ2) is 8.63. The largest absolute Gasteiger partial charge is 0.419 e. The summed E-state index contributed by atoms with van der Waals surface area (Å²) in [5, 5.41) is 3.22. The lowest BCUT2D eigenvalue weighted by Gasteiger charge is -2.20. The molecule has 3 aromatic rings. The van der Waals surface area contributed by atoms with Gasteiger partial charge in [0.05, 0.1) is 10.4 Å². The molecule has 1 unspecified atom stereocenters. The number of oxazole rings is 1. The molecular weight excluding hydrogens is 430 g/mol. The number of anilines is 1. The molecule has 0 aliphatic rings. The van der Waals surface area contributed by atoms with Crippen molar-refractivity contribution < 1.29 is 17.6 Å². The maximum atomic E-state index is 12.9. The van der Waals surface area contributed by atoms with E-state index in [0.717, 1.165) is 0 Å². The molecule has 0 aliphatic heterocycles. The third-order valence-corrected chi connectivity index (χ3v) is 6.23. The predicted octanol–water partition coefficient (Wildman–Crippen LogP) is 3.12. The monoisotopic (exact) mass is 451 g/mol. The highest BCUT2D eigenvalue weighted by molar-refractivity contribution is 7.89. The molecule has 2 N–H and O–H groups in total. The topological polar surface area (TPSA) is 110 Å². The van der Waals surface area contributed by atoms with Crippen LogP contribution in [0, 0.1) is 5.92 Å². The Labute approximate surface area is 178 Å². The Morgan fingerprint density at radius 1 is 1.17 bits per heavy atom. The van der Waals surface area contributed by atoms with Crippen LogP contribution in [0.2, 0.25) is 5.02 Å². The Balaban J connectivity index is 1.86. The van der Waals surface area contributed by atoms with Gasteiger partial charge in [-0.1, -0.05) is 25.4 Å². The van der Waals surface area contributed by atoms with Crippen molar-refractivity contribution in [1.29, 1.82) is 0 Å². The summed E-state index contributed by atoms with van der Waals surface area (Å²) in [6.07, 6.45) is 0.293. The molecule has 0 saturated carbocycles. The highest BCUT2D eigenvalue weighted by atomic mass is 35.5. The predicted molar refractivity (Wildman–Crippen MR) is 115 cm³/mol. The van der Waals surface area contributed by atoms with Crippen LogP contribution in [0.3, 0.4) is 0 Å². The van der Waals surface area contributed by atoms with E-state index in [0.29, 0.717) is 22.6 Å². The summed E-state index contributed by atoms with van der Waals surface area (Å²) in [6, 6.07) is 9.64. The van der Waals surface area contributed by atoms with Crippen molar-refractivity contribution in [2.75, 3.05) is 5.32 Å². The number of carbonyl (C=O) groups is 1. The summed E-state index contributed by atoms with van der Waals surface area (Å²) in [7, 11) is -2.52. The number of benzene rings is 2. The van der Waals surface area contributed by atoms with E-state index >= 15 is 0 Å². The standard InChI is InChI=1S/C20H22ClN3O5S/c1-12(2)10-16(19(25)22-14-6-4-13(21)5-7-14)23-30(27,28)15-8-9-17-18(11-15)29-20(26)24(17)3/h4-9,11-12,16,23H,10H2,1-3H3,(H,22,25). The van der Waals surface area contributed by atoms with Crippen molar-refractivity contribution in [2.24, 2.45) is 13.0 Å². The molecule has 0 spiro atoms. The molecule has 1 atom stereocenters. The van der Waals surface area contributed by atoms with Crippen LogP contribution in [-0.2, 0) is 21.9 Å². The molecule has 0 saturated heterocycles. The van der Waals surface area contributed by atoms with Crippen LogP contribution in [0.25, 0.3) is 11.1 Å². The van der Waals surface area contributed by atoms with Gasteiger partial charge in [0.1, 0.15) is 6.04 Å². The minimum Gasteiger partial charge on any atom is -0.408 e. The van der Waals surface area contributed by atoms with E-state index in [1.165, 1.54) is 29.8 Å². The van der Waals surface area contributed by atoms with E-state index in [9.17, 15) is 18.0 Å². The van der Waals surface area contributed by atoms with Gasteiger partial charge in [-0.2, -0.15) is 4.72 Å². The Hall–Kier alpha value is -2.62. The van der Waals surface area contributed by atoms with Gasteiger partial charge in [0.25, 0.3) is 0 Å². The smallest absolute Gasteiger partial charge is 0.408 e. The maximum absolute atomic E-state index is 12.9. The number of amides is 1. The number of nitrogens with zero attached hydrogens (tertiary/aromatic N) is 1. The second-order valence-electron chi connectivity index (χ2n) is 7.36. The molecule has 0 radical (unpaired) electrons. The Morgan fingerprint density at radius 2 is 1.83 bits per heavy atom. The molecule has 30 heavy (non-hydrogen) atoms. The normalized spacial score (nSPS) is 13.0. The zero-order chi connectivity index (χ0) is 22.1. The number of aromatic nitrogens is 1. The third-order valence-electron chi connectivity index (χ3n) is 4.51. The molecule has 1 amide bonds. The van der Waals surface area contributed by atoms with Gasteiger partial charge in [-0.05, 0) is 48.7 Å². The minimum absolute atomic E-state index is 0.0586. The van der Waals surface area contributed by atoms with E-state index in [4.69, 9.17) is 16.0 Å². The second-order valence-corrected chi connectivity index (χ2v) is 9.51. The first kappa shape index (κ1) is 22.1. The minimum atomic E-state index is -4.05. The molecule has 0 fully saturated rings. The summed E-state index contributed by atoms with van der Waals surface area (Å²) >= 11 is 5.85. The van der Waals surface area contributed by atoms with Gasteiger partial charge < -0.3 is 9.73 Å². The molecule has 2 aromatic carbocycles.